The second-order valence-electron chi connectivity index (χ2n) is 21.2. The van der Waals surface area contributed by atoms with Gasteiger partial charge in [-0.2, -0.15) is 0 Å². The molecule has 73 heavy (non-hydrogen) atoms. The van der Waals surface area contributed by atoms with Gasteiger partial charge in [-0.3, -0.25) is 0 Å². The summed E-state index contributed by atoms with van der Waals surface area (Å²) in [7, 11) is 0. The number of nitrogens with zero attached hydrogens (tertiary/aromatic N) is 2. The van der Waals surface area contributed by atoms with Crippen LogP contribution in [-0.2, 0) is 5.41 Å². The third-order valence-corrected chi connectivity index (χ3v) is 17.4. The van der Waals surface area contributed by atoms with Crippen molar-refractivity contribution in [2.24, 2.45) is 11.8 Å². The standard InChI is InChI=1S/C69H56N2O2/c1-5-19-47(20-6-1)69(48-21-7-2-8-22-48)65-53-41-37-51(70(49-23-9-3-10-24-49)61-31-17-29-59-55-27-13-15-33-63(55)72-67(59)61)43-45(53)35-39-57(65)58-40-36-46-44-52(38-42-54(46)66(58)69)71(50-25-11-4-12-26-50)62-32-18-30-60-56-28-14-16-34-64(56)73-68(60)62/h3-4,9-18,23-44,47-48H,1-2,5-8,19-22H2. The zero-order chi connectivity index (χ0) is 48.0. The molecule has 0 bridgehead atoms. The monoisotopic (exact) mass is 944 g/mol. The fourth-order valence-corrected chi connectivity index (χ4v) is 14.5. The Morgan fingerprint density at radius 2 is 0.740 bits per heavy atom. The van der Waals surface area contributed by atoms with Crippen LogP contribution in [0.2, 0.25) is 0 Å². The summed E-state index contributed by atoms with van der Waals surface area (Å²) >= 11 is 0. The third-order valence-electron chi connectivity index (χ3n) is 17.4. The lowest BCUT2D eigenvalue weighted by molar-refractivity contribution is 0.140. The second kappa shape index (κ2) is 17.0. The van der Waals surface area contributed by atoms with Crippen molar-refractivity contribution in [2.45, 2.75) is 69.6 Å². The predicted octanol–water partition coefficient (Wildman–Crippen LogP) is 20.2. The van der Waals surface area contributed by atoms with Crippen LogP contribution in [0.5, 0.6) is 0 Å². The van der Waals surface area contributed by atoms with Gasteiger partial charge in [0.1, 0.15) is 11.2 Å². The van der Waals surface area contributed by atoms with E-state index in [0.29, 0.717) is 11.8 Å². The number of fused-ring (bicyclic) bond motifs is 13. The minimum absolute atomic E-state index is 0.120. The van der Waals surface area contributed by atoms with Crippen LogP contribution < -0.4 is 9.80 Å². The van der Waals surface area contributed by atoms with Crippen molar-refractivity contribution in [1.29, 1.82) is 0 Å². The normalized spacial score (nSPS) is 15.9. The van der Waals surface area contributed by atoms with Crippen LogP contribution in [0, 0.1) is 11.8 Å². The van der Waals surface area contributed by atoms with Gasteiger partial charge in [0.05, 0.1) is 11.4 Å². The maximum atomic E-state index is 6.73. The zero-order valence-electron chi connectivity index (χ0n) is 41.1. The topological polar surface area (TPSA) is 32.8 Å². The number of hydrogen-bond acceptors (Lipinski definition) is 4. The average molecular weight is 945 g/mol. The van der Waals surface area contributed by atoms with Gasteiger partial charge in [0.2, 0.25) is 0 Å². The van der Waals surface area contributed by atoms with Crippen LogP contribution in [0.4, 0.5) is 34.1 Å². The van der Waals surface area contributed by atoms with E-state index in [-0.39, 0.29) is 5.41 Å². The molecule has 12 aromatic rings. The Morgan fingerprint density at radius 3 is 1.19 bits per heavy atom. The van der Waals surface area contributed by atoms with Gasteiger partial charge in [-0.1, -0.05) is 172 Å². The van der Waals surface area contributed by atoms with E-state index in [1.807, 2.05) is 0 Å². The molecule has 0 unspecified atom stereocenters. The van der Waals surface area contributed by atoms with Crippen molar-refractivity contribution in [1.82, 2.24) is 0 Å². The van der Waals surface area contributed by atoms with Crippen LogP contribution >= 0.6 is 0 Å². The van der Waals surface area contributed by atoms with E-state index in [2.05, 4.69) is 216 Å². The van der Waals surface area contributed by atoms with Crippen molar-refractivity contribution in [2.75, 3.05) is 9.80 Å². The van der Waals surface area contributed by atoms with Crippen molar-refractivity contribution >= 4 is 99.5 Å². The Bertz CT molecular complexity index is 3810. The first-order valence-corrected chi connectivity index (χ1v) is 26.9. The Hall–Kier alpha value is -8.08. The van der Waals surface area contributed by atoms with Crippen LogP contribution in [0.1, 0.15) is 75.3 Å². The molecule has 2 saturated carbocycles. The lowest BCUT2D eigenvalue weighted by Crippen LogP contribution is -2.44. The van der Waals surface area contributed by atoms with E-state index >= 15 is 0 Å². The van der Waals surface area contributed by atoms with Gasteiger partial charge in [-0.25, -0.2) is 0 Å². The number of anilines is 6. The molecule has 0 saturated heterocycles. The molecule has 0 radical (unpaired) electrons. The molecule has 0 atom stereocenters. The quantitative estimate of drug-likeness (QED) is 0.152. The van der Waals surface area contributed by atoms with E-state index in [4.69, 9.17) is 8.83 Å². The number of para-hydroxylation sites is 6. The predicted molar refractivity (Wildman–Crippen MR) is 305 cm³/mol. The molecular formula is C69H56N2O2. The van der Waals surface area contributed by atoms with E-state index < -0.39 is 0 Å². The van der Waals surface area contributed by atoms with E-state index in [1.165, 1.54) is 96.9 Å². The molecule has 0 spiro atoms. The van der Waals surface area contributed by atoms with Crippen molar-refractivity contribution in [3.63, 3.8) is 0 Å². The molecule has 3 aliphatic rings. The highest BCUT2D eigenvalue weighted by atomic mass is 16.3. The smallest absolute Gasteiger partial charge is 0.159 e. The highest BCUT2D eigenvalue weighted by Gasteiger charge is 2.55. The minimum atomic E-state index is -0.120. The highest BCUT2D eigenvalue weighted by Crippen LogP contribution is 2.65. The summed E-state index contributed by atoms with van der Waals surface area (Å²) in [6, 6.07) is 76.2. The molecule has 15 rings (SSSR count). The summed E-state index contributed by atoms with van der Waals surface area (Å²) in [5.74, 6) is 1.11. The van der Waals surface area contributed by atoms with Gasteiger partial charge in [0.15, 0.2) is 11.2 Å². The number of benzene rings is 10. The lowest BCUT2D eigenvalue weighted by Gasteiger charge is -2.49. The average Bonchev–Trinajstić information content (AvgIpc) is 4.21. The Kier molecular flexibility index (Phi) is 9.93. The summed E-state index contributed by atoms with van der Waals surface area (Å²) in [5.41, 5.74) is 16.1. The molecule has 10 aromatic carbocycles. The van der Waals surface area contributed by atoms with Crippen LogP contribution in [-0.4, -0.2) is 0 Å². The molecule has 3 aliphatic carbocycles. The van der Waals surface area contributed by atoms with Gasteiger partial charge >= 0.3 is 0 Å². The van der Waals surface area contributed by atoms with Gasteiger partial charge < -0.3 is 18.6 Å². The Labute approximate surface area is 426 Å². The summed E-state index contributed by atoms with van der Waals surface area (Å²) in [5, 5.41) is 9.94. The second-order valence-corrected chi connectivity index (χ2v) is 21.2. The maximum Gasteiger partial charge on any atom is 0.159 e. The molecule has 2 heterocycles. The van der Waals surface area contributed by atoms with Crippen LogP contribution in [0.25, 0.3) is 76.5 Å². The molecular weight excluding hydrogens is 889 g/mol. The zero-order valence-corrected chi connectivity index (χ0v) is 41.1. The first kappa shape index (κ1) is 42.6. The molecule has 0 aliphatic heterocycles. The Morgan fingerprint density at radius 1 is 0.329 bits per heavy atom. The molecule has 0 amide bonds. The number of rotatable bonds is 8. The van der Waals surface area contributed by atoms with Crippen molar-refractivity contribution < 1.29 is 8.83 Å². The van der Waals surface area contributed by atoms with Crippen LogP contribution in [0.3, 0.4) is 0 Å². The molecule has 2 aromatic heterocycles. The minimum Gasteiger partial charge on any atom is -0.454 e. The highest BCUT2D eigenvalue weighted by molar-refractivity contribution is 6.13. The molecule has 2 fully saturated rings. The summed E-state index contributed by atoms with van der Waals surface area (Å²) in [6.07, 6.45) is 12.9. The van der Waals surface area contributed by atoms with Crippen molar-refractivity contribution in [3.05, 3.63) is 217 Å². The first-order chi connectivity index (χ1) is 36.2. The molecule has 4 nitrogen and oxygen atoms in total. The van der Waals surface area contributed by atoms with Crippen LogP contribution in [0.15, 0.2) is 215 Å². The number of furan rings is 2. The van der Waals surface area contributed by atoms with Gasteiger partial charge in [0.25, 0.3) is 0 Å². The number of hydrogen-bond donors (Lipinski definition) is 0. The van der Waals surface area contributed by atoms with Gasteiger partial charge in [-0.15, -0.1) is 0 Å². The van der Waals surface area contributed by atoms with Gasteiger partial charge in [-0.05, 0) is 154 Å². The Balaban J connectivity index is 0.940. The molecule has 4 heteroatoms. The summed E-state index contributed by atoms with van der Waals surface area (Å²) in [4.78, 5) is 4.81. The largest absolute Gasteiger partial charge is 0.454 e. The van der Waals surface area contributed by atoms with Gasteiger partial charge in [0, 0.05) is 49.7 Å². The lowest BCUT2D eigenvalue weighted by atomic mass is 9.54. The summed E-state index contributed by atoms with van der Waals surface area (Å²) < 4.78 is 13.5. The van der Waals surface area contributed by atoms with E-state index in [9.17, 15) is 0 Å². The fourth-order valence-electron chi connectivity index (χ4n) is 14.5. The van der Waals surface area contributed by atoms with E-state index in [0.717, 1.165) is 78.0 Å². The molecule has 354 valence electrons. The SMILES string of the molecule is c1ccc(N(c2ccc3c4c(ccc3c2)-c2ccc3cc(N(c5ccccc5)c5cccc6c5oc5ccccc56)ccc3c2C4(C2CCCCC2)C2CCCCC2)c2cccc3c2oc2ccccc23)cc1. The first-order valence-electron chi connectivity index (χ1n) is 26.9. The molecule has 0 N–H and O–H groups in total. The van der Waals surface area contributed by atoms with E-state index in [1.54, 1.807) is 11.1 Å². The summed E-state index contributed by atoms with van der Waals surface area (Å²) in [6.45, 7) is 0. The maximum absolute atomic E-state index is 6.73. The van der Waals surface area contributed by atoms with Crippen molar-refractivity contribution in [3.8, 4) is 11.1 Å². The fraction of sp³-hybridized carbons (Fsp3) is 0.188. The third kappa shape index (κ3) is 6.52.